The number of anilines is 2. The summed E-state index contributed by atoms with van der Waals surface area (Å²) in [5.41, 5.74) is 4.76. The monoisotopic (exact) mass is 422 g/mol. The molecule has 3 aromatic rings. The number of nitrogens with zero attached hydrogens (tertiary/aromatic N) is 3. The third kappa shape index (κ3) is 3.96. The Hall–Kier alpha value is -3.12. The molecule has 1 aromatic heterocycles. The summed E-state index contributed by atoms with van der Waals surface area (Å²) in [6.07, 6.45) is 3.70. The Labute approximate surface area is 180 Å². The molecule has 1 N–H and O–H groups in total. The fourth-order valence-electron chi connectivity index (χ4n) is 3.35. The van der Waals surface area contributed by atoms with Gasteiger partial charge in [-0.2, -0.15) is 5.10 Å². The minimum absolute atomic E-state index is 0.0514. The van der Waals surface area contributed by atoms with Crippen LogP contribution in [0.15, 0.2) is 48.7 Å². The molecule has 2 amide bonds. The van der Waals surface area contributed by atoms with Gasteiger partial charge in [-0.1, -0.05) is 17.7 Å². The van der Waals surface area contributed by atoms with Gasteiger partial charge in [0.1, 0.15) is 0 Å². The number of aromatic nitrogens is 2. The topological polar surface area (TPSA) is 67.2 Å². The van der Waals surface area contributed by atoms with Crippen molar-refractivity contribution in [2.24, 2.45) is 0 Å². The van der Waals surface area contributed by atoms with Crippen molar-refractivity contribution in [1.82, 2.24) is 9.78 Å². The molecule has 0 bridgehead atoms. The van der Waals surface area contributed by atoms with Crippen LogP contribution < -0.4 is 10.2 Å². The molecule has 0 saturated heterocycles. The Morgan fingerprint density at radius 2 is 1.87 bits per heavy atom. The van der Waals surface area contributed by atoms with Gasteiger partial charge in [0.2, 0.25) is 5.91 Å². The molecule has 0 atom stereocenters. The lowest BCUT2D eigenvalue weighted by Gasteiger charge is -2.15. The lowest BCUT2D eigenvalue weighted by atomic mass is 10.1. The van der Waals surface area contributed by atoms with E-state index in [1.807, 2.05) is 29.8 Å². The summed E-state index contributed by atoms with van der Waals surface area (Å²) in [6.45, 7) is 3.46. The average molecular weight is 423 g/mol. The van der Waals surface area contributed by atoms with Gasteiger partial charge < -0.3 is 10.2 Å². The van der Waals surface area contributed by atoms with Crippen molar-refractivity contribution in [2.45, 2.75) is 32.6 Å². The zero-order valence-corrected chi connectivity index (χ0v) is 17.9. The van der Waals surface area contributed by atoms with Crippen LogP contribution in [-0.2, 0) is 4.79 Å². The second-order valence-electron chi connectivity index (χ2n) is 7.64. The number of hydrogen-bond donors (Lipinski definition) is 1. The molecule has 0 aliphatic heterocycles. The number of amides is 2. The van der Waals surface area contributed by atoms with Gasteiger partial charge in [-0.25, -0.2) is 4.68 Å². The zero-order chi connectivity index (χ0) is 21.4. The molecule has 2 aromatic carbocycles. The maximum absolute atomic E-state index is 13.0. The highest BCUT2D eigenvalue weighted by molar-refractivity contribution is 6.31. The number of carbonyl (C=O) groups excluding carboxylic acids is 2. The number of hydrogen-bond acceptors (Lipinski definition) is 3. The Morgan fingerprint density at radius 3 is 2.47 bits per heavy atom. The van der Waals surface area contributed by atoms with Crippen molar-refractivity contribution < 1.29 is 9.59 Å². The van der Waals surface area contributed by atoms with E-state index in [9.17, 15) is 9.59 Å². The second kappa shape index (κ2) is 7.95. The van der Waals surface area contributed by atoms with Crippen molar-refractivity contribution in [3.63, 3.8) is 0 Å². The van der Waals surface area contributed by atoms with E-state index < -0.39 is 0 Å². The van der Waals surface area contributed by atoms with Gasteiger partial charge >= 0.3 is 0 Å². The molecule has 1 heterocycles. The van der Waals surface area contributed by atoms with E-state index in [0.717, 1.165) is 35.5 Å². The number of carbonyl (C=O) groups is 2. The van der Waals surface area contributed by atoms with E-state index in [1.165, 1.54) is 6.92 Å². The quantitative estimate of drug-likeness (QED) is 0.632. The molecule has 1 aliphatic rings. The summed E-state index contributed by atoms with van der Waals surface area (Å²) in [6, 6.07) is 13.0. The smallest absolute Gasteiger partial charge is 0.259 e. The number of nitrogens with one attached hydrogen (secondary N) is 1. The highest BCUT2D eigenvalue weighted by Crippen LogP contribution is 2.42. The molecule has 4 rings (SSSR count). The molecule has 0 spiro atoms. The lowest BCUT2D eigenvalue weighted by molar-refractivity contribution is -0.116. The molecule has 0 unspecified atom stereocenters. The molecule has 0 radical (unpaired) electrons. The average Bonchev–Trinajstić information content (AvgIpc) is 3.47. The SMILES string of the molecule is CC(=O)N(C)c1ccc(NC(=O)c2cnn(-c3ccc(C)c(Cl)c3)c2C2CC2)cc1. The van der Waals surface area contributed by atoms with Crippen LogP contribution in [0, 0.1) is 6.92 Å². The van der Waals surface area contributed by atoms with Crippen LogP contribution in [0.3, 0.4) is 0 Å². The van der Waals surface area contributed by atoms with Crippen molar-refractivity contribution >= 4 is 34.8 Å². The first-order valence-corrected chi connectivity index (χ1v) is 10.2. The van der Waals surface area contributed by atoms with Gasteiger partial charge in [0.25, 0.3) is 5.91 Å². The number of aryl methyl sites for hydroxylation is 1. The zero-order valence-electron chi connectivity index (χ0n) is 17.1. The van der Waals surface area contributed by atoms with Crippen LogP contribution in [0.25, 0.3) is 5.69 Å². The molecule has 154 valence electrons. The van der Waals surface area contributed by atoms with Crippen LogP contribution in [0.1, 0.15) is 47.3 Å². The van der Waals surface area contributed by atoms with Crippen LogP contribution >= 0.6 is 11.6 Å². The number of halogens is 1. The summed E-state index contributed by atoms with van der Waals surface area (Å²) in [5.74, 6) is 0.0680. The molecule has 30 heavy (non-hydrogen) atoms. The van der Waals surface area contributed by atoms with Crippen molar-refractivity contribution in [2.75, 3.05) is 17.3 Å². The summed E-state index contributed by atoms with van der Waals surface area (Å²) in [4.78, 5) is 26.1. The summed E-state index contributed by atoms with van der Waals surface area (Å²) >= 11 is 6.30. The van der Waals surface area contributed by atoms with Crippen LogP contribution in [-0.4, -0.2) is 28.6 Å². The number of rotatable bonds is 5. The molecule has 7 heteroatoms. The maximum atomic E-state index is 13.0. The van der Waals surface area contributed by atoms with E-state index in [-0.39, 0.29) is 11.8 Å². The van der Waals surface area contributed by atoms with E-state index in [2.05, 4.69) is 10.4 Å². The summed E-state index contributed by atoms with van der Waals surface area (Å²) in [7, 11) is 1.71. The van der Waals surface area contributed by atoms with Gasteiger partial charge in [-0.05, 0) is 61.7 Å². The van der Waals surface area contributed by atoms with E-state index >= 15 is 0 Å². The normalized spacial score (nSPS) is 13.2. The highest BCUT2D eigenvalue weighted by atomic mass is 35.5. The molecular formula is C23H23ClN4O2. The van der Waals surface area contributed by atoms with Crippen LogP contribution in [0.4, 0.5) is 11.4 Å². The predicted octanol–water partition coefficient (Wildman–Crippen LogP) is 4.95. The standard InChI is InChI=1S/C23H23ClN4O2/c1-14-4-9-19(12-21(14)24)28-22(16-5-6-16)20(13-25-28)23(30)26-17-7-10-18(11-8-17)27(3)15(2)29/h4,7-13,16H,5-6H2,1-3H3,(H,26,30). The summed E-state index contributed by atoms with van der Waals surface area (Å²) < 4.78 is 1.82. The van der Waals surface area contributed by atoms with Gasteiger partial charge in [0, 0.05) is 36.3 Å². The van der Waals surface area contributed by atoms with Crippen LogP contribution in [0.5, 0.6) is 0 Å². The van der Waals surface area contributed by atoms with E-state index in [4.69, 9.17) is 11.6 Å². The third-order valence-electron chi connectivity index (χ3n) is 5.40. The van der Waals surface area contributed by atoms with E-state index in [0.29, 0.717) is 22.2 Å². The Kier molecular flexibility index (Phi) is 5.35. The summed E-state index contributed by atoms with van der Waals surface area (Å²) in [5, 5.41) is 8.10. The van der Waals surface area contributed by atoms with E-state index in [1.54, 1.807) is 42.4 Å². The maximum Gasteiger partial charge on any atom is 0.259 e. The van der Waals surface area contributed by atoms with Crippen LogP contribution in [0.2, 0.25) is 5.02 Å². The molecule has 1 fully saturated rings. The first-order valence-electron chi connectivity index (χ1n) is 9.85. The molecule has 6 nitrogen and oxygen atoms in total. The Morgan fingerprint density at radius 1 is 1.17 bits per heavy atom. The minimum Gasteiger partial charge on any atom is -0.322 e. The van der Waals surface area contributed by atoms with Crippen molar-refractivity contribution in [3.8, 4) is 5.69 Å². The van der Waals surface area contributed by atoms with Crippen molar-refractivity contribution in [1.29, 1.82) is 0 Å². The fourth-order valence-corrected chi connectivity index (χ4v) is 3.53. The minimum atomic E-state index is -0.200. The largest absolute Gasteiger partial charge is 0.322 e. The lowest BCUT2D eigenvalue weighted by Crippen LogP contribution is -2.22. The van der Waals surface area contributed by atoms with Gasteiger partial charge in [0.05, 0.1) is 23.1 Å². The highest BCUT2D eigenvalue weighted by Gasteiger charge is 2.33. The van der Waals surface area contributed by atoms with Crippen molar-refractivity contribution in [3.05, 3.63) is 70.5 Å². The first kappa shape index (κ1) is 20.2. The van der Waals surface area contributed by atoms with Gasteiger partial charge in [-0.15, -0.1) is 0 Å². The Bertz CT molecular complexity index is 1120. The Balaban J connectivity index is 1.60. The third-order valence-corrected chi connectivity index (χ3v) is 5.81. The van der Waals surface area contributed by atoms with Gasteiger partial charge in [0.15, 0.2) is 0 Å². The predicted molar refractivity (Wildman–Crippen MR) is 119 cm³/mol. The van der Waals surface area contributed by atoms with Gasteiger partial charge in [-0.3, -0.25) is 9.59 Å². The molecular weight excluding hydrogens is 400 g/mol. The number of benzene rings is 2. The first-order chi connectivity index (χ1) is 14.3. The second-order valence-corrected chi connectivity index (χ2v) is 8.05. The fraction of sp³-hybridized carbons (Fsp3) is 0.261. The molecule has 1 aliphatic carbocycles. The molecule has 1 saturated carbocycles.